The van der Waals surface area contributed by atoms with Gasteiger partial charge in [-0.25, -0.2) is 0 Å². The van der Waals surface area contributed by atoms with E-state index < -0.39 is 0 Å². The topological polar surface area (TPSA) is 61.8 Å². The Bertz CT molecular complexity index is 285. The average Bonchev–Trinajstić information content (AvgIpc) is 3.03. The monoisotopic (exact) mass is 256 g/mol. The fraction of sp³-hybridized carbons (Fsp3) is 0.923. The molecule has 2 unspecified atom stereocenters. The van der Waals surface area contributed by atoms with Crippen molar-refractivity contribution in [1.82, 2.24) is 10.2 Å². The lowest BCUT2D eigenvalue weighted by Gasteiger charge is -2.28. The zero-order chi connectivity index (χ0) is 13.0. The zero-order valence-electron chi connectivity index (χ0n) is 11.1. The van der Waals surface area contributed by atoms with Crippen LogP contribution in [0.1, 0.15) is 26.2 Å². The maximum atomic E-state index is 12.5. The van der Waals surface area contributed by atoms with Crippen LogP contribution in [0.3, 0.4) is 0 Å². The molecule has 5 heteroatoms. The van der Waals surface area contributed by atoms with Crippen LogP contribution in [0.5, 0.6) is 0 Å². The van der Waals surface area contributed by atoms with Crippen LogP contribution in [0.25, 0.3) is 0 Å². The lowest BCUT2D eigenvalue weighted by molar-refractivity contribution is -0.137. The highest BCUT2D eigenvalue weighted by Crippen LogP contribution is 2.23. The van der Waals surface area contributed by atoms with Crippen molar-refractivity contribution in [1.29, 1.82) is 0 Å². The Morgan fingerprint density at radius 1 is 1.50 bits per heavy atom. The van der Waals surface area contributed by atoms with Gasteiger partial charge in [-0.1, -0.05) is 6.92 Å². The van der Waals surface area contributed by atoms with E-state index in [1.54, 1.807) is 0 Å². The van der Waals surface area contributed by atoms with Crippen molar-refractivity contribution in [2.24, 2.45) is 5.92 Å². The van der Waals surface area contributed by atoms with E-state index in [4.69, 9.17) is 4.74 Å². The lowest BCUT2D eigenvalue weighted by Crippen LogP contribution is -2.48. The van der Waals surface area contributed by atoms with Gasteiger partial charge in [-0.05, 0) is 25.8 Å². The zero-order valence-corrected chi connectivity index (χ0v) is 11.1. The molecule has 3 atom stereocenters. The summed E-state index contributed by atoms with van der Waals surface area (Å²) in [5, 5.41) is 12.7. The highest BCUT2D eigenvalue weighted by Gasteiger charge is 2.39. The van der Waals surface area contributed by atoms with Crippen molar-refractivity contribution in [3.8, 4) is 0 Å². The van der Waals surface area contributed by atoms with Crippen molar-refractivity contribution in [2.75, 3.05) is 32.9 Å². The highest BCUT2D eigenvalue weighted by atomic mass is 16.5. The minimum absolute atomic E-state index is 0.0184. The molecule has 2 aliphatic heterocycles. The summed E-state index contributed by atoms with van der Waals surface area (Å²) in [5.74, 6) is 0.0707. The molecule has 2 fully saturated rings. The Morgan fingerprint density at radius 2 is 2.33 bits per heavy atom. The molecule has 2 heterocycles. The van der Waals surface area contributed by atoms with Gasteiger partial charge in [0.25, 0.3) is 0 Å². The SMILES string of the molecule is CCCNC1COCC1C(=O)N1CCC[C@H]1CO. The number of amides is 1. The third-order valence-corrected chi connectivity index (χ3v) is 3.93. The van der Waals surface area contributed by atoms with E-state index in [0.29, 0.717) is 13.2 Å². The van der Waals surface area contributed by atoms with E-state index in [9.17, 15) is 9.90 Å². The number of aliphatic hydroxyl groups is 1. The van der Waals surface area contributed by atoms with Crippen LogP contribution in [0.4, 0.5) is 0 Å². The summed E-state index contributed by atoms with van der Waals surface area (Å²) in [6, 6.07) is 0.155. The predicted octanol–water partition coefficient (Wildman–Crippen LogP) is -0.0157. The van der Waals surface area contributed by atoms with Crippen molar-refractivity contribution in [3.05, 3.63) is 0 Å². The second kappa shape index (κ2) is 6.50. The van der Waals surface area contributed by atoms with Gasteiger partial charge in [0.1, 0.15) is 0 Å². The van der Waals surface area contributed by atoms with Crippen molar-refractivity contribution < 1.29 is 14.6 Å². The molecular formula is C13H24N2O3. The Morgan fingerprint density at radius 3 is 3.06 bits per heavy atom. The van der Waals surface area contributed by atoms with Gasteiger partial charge >= 0.3 is 0 Å². The lowest BCUT2D eigenvalue weighted by atomic mass is 10.0. The number of hydrogen-bond acceptors (Lipinski definition) is 4. The van der Waals surface area contributed by atoms with Crippen LogP contribution in [-0.2, 0) is 9.53 Å². The van der Waals surface area contributed by atoms with Gasteiger partial charge in [0.15, 0.2) is 0 Å². The first kappa shape index (κ1) is 13.8. The normalized spacial score (nSPS) is 32.1. The summed E-state index contributed by atoms with van der Waals surface area (Å²) in [6.45, 7) is 5.01. The Labute approximate surface area is 108 Å². The van der Waals surface area contributed by atoms with E-state index in [2.05, 4.69) is 12.2 Å². The molecule has 2 aliphatic rings. The average molecular weight is 256 g/mol. The molecule has 18 heavy (non-hydrogen) atoms. The smallest absolute Gasteiger partial charge is 0.230 e. The molecule has 0 aromatic rings. The number of carbonyl (C=O) groups excluding carboxylic acids is 1. The van der Waals surface area contributed by atoms with Crippen LogP contribution >= 0.6 is 0 Å². The van der Waals surface area contributed by atoms with Crippen molar-refractivity contribution in [3.63, 3.8) is 0 Å². The summed E-state index contributed by atoms with van der Waals surface area (Å²) in [5.41, 5.74) is 0. The number of nitrogens with one attached hydrogen (secondary N) is 1. The molecule has 0 radical (unpaired) electrons. The standard InChI is InChI=1S/C13H24N2O3/c1-2-5-14-12-9-18-8-11(12)13(17)15-6-3-4-10(15)7-16/h10-12,14,16H,2-9H2,1H3/t10-,11?,12?/m0/s1. The van der Waals surface area contributed by atoms with Crippen LogP contribution in [-0.4, -0.2) is 60.9 Å². The maximum absolute atomic E-state index is 12.5. The first-order valence-corrected chi connectivity index (χ1v) is 7.00. The summed E-state index contributed by atoms with van der Waals surface area (Å²) in [7, 11) is 0. The summed E-state index contributed by atoms with van der Waals surface area (Å²) >= 11 is 0. The third-order valence-electron chi connectivity index (χ3n) is 3.93. The number of carbonyl (C=O) groups is 1. The second-order valence-electron chi connectivity index (χ2n) is 5.21. The first-order chi connectivity index (χ1) is 8.77. The molecule has 0 aromatic heterocycles. The highest BCUT2D eigenvalue weighted by molar-refractivity contribution is 5.80. The van der Waals surface area contributed by atoms with Crippen LogP contribution in [0.15, 0.2) is 0 Å². The van der Waals surface area contributed by atoms with E-state index in [1.165, 1.54) is 0 Å². The molecule has 2 N–H and O–H groups in total. The number of likely N-dealkylation sites (tertiary alicyclic amines) is 1. The van der Waals surface area contributed by atoms with Crippen molar-refractivity contribution >= 4 is 5.91 Å². The molecule has 0 bridgehead atoms. The molecular weight excluding hydrogens is 232 g/mol. The third kappa shape index (κ3) is 2.84. The fourth-order valence-corrected chi connectivity index (χ4v) is 2.86. The Kier molecular flexibility index (Phi) is 4.97. The van der Waals surface area contributed by atoms with E-state index in [0.717, 1.165) is 32.4 Å². The van der Waals surface area contributed by atoms with Gasteiger partial charge in [0.05, 0.1) is 31.8 Å². The van der Waals surface area contributed by atoms with Crippen molar-refractivity contribution in [2.45, 2.75) is 38.3 Å². The minimum atomic E-state index is -0.0799. The molecule has 1 amide bonds. The van der Waals surface area contributed by atoms with Gasteiger partial charge in [0, 0.05) is 12.6 Å². The number of hydrogen-bond donors (Lipinski definition) is 2. The molecule has 0 spiro atoms. The molecule has 2 saturated heterocycles. The molecule has 0 saturated carbocycles. The quantitative estimate of drug-likeness (QED) is 0.726. The summed E-state index contributed by atoms with van der Waals surface area (Å²) in [6.07, 6.45) is 2.97. The van der Waals surface area contributed by atoms with Gasteiger partial charge in [-0.2, -0.15) is 0 Å². The number of nitrogens with zero attached hydrogens (tertiary/aromatic N) is 1. The van der Waals surface area contributed by atoms with E-state index in [-0.39, 0.29) is 30.5 Å². The maximum Gasteiger partial charge on any atom is 0.230 e. The molecule has 2 rings (SSSR count). The van der Waals surface area contributed by atoms with Gasteiger partial charge < -0.3 is 20.1 Å². The Balaban J connectivity index is 1.94. The molecule has 0 aliphatic carbocycles. The first-order valence-electron chi connectivity index (χ1n) is 7.00. The van der Waals surface area contributed by atoms with Crippen LogP contribution in [0, 0.1) is 5.92 Å². The van der Waals surface area contributed by atoms with E-state index >= 15 is 0 Å². The Hall–Kier alpha value is -0.650. The fourth-order valence-electron chi connectivity index (χ4n) is 2.86. The van der Waals surface area contributed by atoms with E-state index in [1.807, 2.05) is 4.90 Å². The van der Waals surface area contributed by atoms with Gasteiger partial charge in [-0.15, -0.1) is 0 Å². The molecule has 5 nitrogen and oxygen atoms in total. The van der Waals surface area contributed by atoms with Gasteiger partial charge in [-0.3, -0.25) is 4.79 Å². The van der Waals surface area contributed by atoms with Crippen LogP contribution in [0.2, 0.25) is 0 Å². The minimum Gasteiger partial charge on any atom is -0.394 e. The van der Waals surface area contributed by atoms with Crippen LogP contribution < -0.4 is 5.32 Å². The predicted molar refractivity (Wildman–Crippen MR) is 68.2 cm³/mol. The number of aliphatic hydroxyl groups excluding tert-OH is 1. The summed E-state index contributed by atoms with van der Waals surface area (Å²) in [4.78, 5) is 14.3. The number of rotatable bonds is 5. The largest absolute Gasteiger partial charge is 0.394 e. The molecule has 0 aromatic carbocycles. The summed E-state index contributed by atoms with van der Waals surface area (Å²) < 4.78 is 5.44. The number of ether oxygens (including phenoxy) is 1. The molecule has 104 valence electrons. The van der Waals surface area contributed by atoms with Gasteiger partial charge in [0.2, 0.25) is 5.91 Å². The second-order valence-corrected chi connectivity index (χ2v) is 5.21.